The summed E-state index contributed by atoms with van der Waals surface area (Å²) in [7, 11) is -9.20. The average Bonchev–Trinajstić information content (AvgIpc) is 3.17. The van der Waals surface area contributed by atoms with Gasteiger partial charge in [0.25, 0.3) is 0 Å². The fraction of sp³-hybridized carbons (Fsp3) is 0.926. The predicted molar refractivity (Wildman–Crippen MR) is 144 cm³/mol. The van der Waals surface area contributed by atoms with Gasteiger partial charge in [0.05, 0.1) is 12.7 Å². The maximum Gasteiger partial charge on any atom is 0.397 e. The molecule has 0 radical (unpaired) electrons. The van der Waals surface area contributed by atoms with Gasteiger partial charge in [0.15, 0.2) is 0 Å². The molecule has 0 heterocycles. The van der Waals surface area contributed by atoms with Crippen molar-refractivity contribution < 1.29 is 44.5 Å². The summed E-state index contributed by atoms with van der Waals surface area (Å²) in [4.78, 5) is 0. The van der Waals surface area contributed by atoms with E-state index < -0.39 is 33.0 Å². The van der Waals surface area contributed by atoms with E-state index >= 15 is 0 Å². The Balaban J connectivity index is 1.53. The number of rotatable bonds is 11. The number of aliphatic hydroxyl groups is 2. The van der Waals surface area contributed by atoms with Gasteiger partial charge in [-0.15, -0.1) is 0 Å². The Morgan fingerprint density at radius 1 is 1.05 bits per heavy atom. The van der Waals surface area contributed by atoms with Crippen LogP contribution in [-0.4, -0.2) is 61.6 Å². The van der Waals surface area contributed by atoms with Gasteiger partial charge in [0.1, 0.15) is 6.10 Å². The van der Waals surface area contributed by atoms with E-state index in [1.54, 1.807) is 0 Å². The van der Waals surface area contributed by atoms with Crippen molar-refractivity contribution in [1.82, 2.24) is 0 Å². The van der Waals surface area contributed by atoms with Crippen molar-refractivity contribution in [3.63, 3.8) is 0 Å². The predicted octanol–water partition coefficient (Wildman–Crippen LogP) is 3.96. The van der Waals surface area contributed by atoms with Crippen LogP contribution in [0.25, 0.3) is 0 Å². The quantitative estimate of drug-likeness (QED) is 0.203. The zero-order valence-electron chi connectivity index (χ0n) is 23.2. The van der Waals surface area contributed by atoms with Gasteiger partial charge in [-0.2, -0.15) is 16.8 Å². The van der Waals surface area contributed by atoms with Gasteiger partial charge < -0.3 is 10.2 Å². The Kier molecular flexibility index (Phi) is 9.31. The number of aliphatic hydroxyl groups excluding tert-OH is 2. The lowest BCUT2D eigenvalue weighted by molar-refractivity contribution is -0.0865. The summed E-state index contributed by atoms with van der Waals surface area (Å²) < 4.78 is 73.7. The Morgan fingerprint density at radius 2 is 1.77 bits per heavy atom. The summed E-state index contributed by atoms with van der Waals surface area (Å²) in [5.41, 5.74) is 0.801. The highest BCUT2D eigenvalue weighted by molar-refractivity contribution is 7.81. The number of allylic oxidation sites excluding steroid dienone is 1. The molecule has 0 amide bonds. The first-order valence-corrected chi connectivity index (χ1v) is 17.1. The SMILES string of the molecule is C[C@H](CO)CCC[C@@H](COS(=O)(=O)O)[C@H]1CC[C@H]2[C@@H]3CC=C4C[C@H](OS(=O)(=O)O)[C@@H](O)C[C@]4(C)[C@H]3CC[C@]12C. The van der Waals surface area contributed by atoms with Crippen molar-refractivity contribution in [2.75, 3.05) is 13.2 Å². The fourth-order valence-corrected chi connectivity index (χ4v) is 9.99. The van der Waals surface area contributed by atoms with Gasteiger partial charge in [0, 0.05) is 6.61 Å². The minimum Gasteiger partial charge on any atom is -0.396 e. The Bertz CT molecular complexity index is 1120. The second kappa shape index (κ2) is 11.6. The van der Waals surface area contributed by atoms with Gasteiger partial charge >= 0.3 is 20.8 Å². The van der Waals surface area contributed by atoms with E-state index in [1.807, 2.05) is 6.92 Å². The minimum absolute atomic E-state index is 0.0113. The molecule has 4 rings (SSSR count). The second-order valence-corrected chi connectivity index (χ2v) is 15.4. The average molecular weight is 595 g/mol. The summed E-state index contributed by atoms with van der Waals surface area (Å²) in [6.45, 7) is 6.56. The molecule has 4 aliphatic rings. The molecule has 0 spiro atoms. The van der Waals surface area contributed by atoms with E-state index in [4.69, 9.17) is 12.9 Å². The van der Waals surface area contributed by atoms with Gasteiger partial charge in [-0.25, -0.2) is 8.37 Å². The molecule has 0 aliphatic heterocycles. The van der Waals surface area contributed by atoms with Crippen molar-refractivity contribution in [2.45, 2.75) is 97.2 Å². The van der Waals surface area contributed by atoms with E-state index in [9.17, 15) is 31.6 Å². The Labute approximate surface area is 233 Å². The number of hydrogen-bond donors (Lipinski definition) is 4. The third kappa shape index (κ3) is 6.74. The molecule has 226 valence electrons. The van der Waals surface area contributed by atoms with Gasteiger partial charge in [0.2, 0.25) is 0 Å². The molecule has 39 heavy (non-hydrogen) atoms. The van der Waals surface area contributed by atoms with Gasteiger partial charge in [-0.05, 0) is 104 Å². The van der Waals surface area contributed by atoms with Crippen LogP contribution in [-0.2, 0) is 29.2 Å². The van der Waals surface area contributed by atoms with Crippen LogP contribution in [0.1, 0.15) is 85.0 Å². The highest BCUT2D eigenvalue weighted by Gasteiger charge is 2.60. The zero-order chi connectivity index (χ0) is 28.8. The fourth-order valence-electron chi connectivity index (χ4n) is 9.14. The highest BCUT2D eigenvalue weighted by Crippen LogP contribution is 2.67. The normalized spacial score (nSPS) is 40.2. The summed E-state index contributed by atoms with van der Waals surface area (Å²) in [6, 6.07) is 0. The van der Waals surface area contributed by atoms with Crippen LogP contribution >= 0.6 is 0 Å². The standard InChI is InChI=1S/C27H46O10S2/c1-17(15-28)5-4-6-18(16-36-38(30,31)32)21-9-10-22-20-8-7-19-13-25(37-39(33,34)35)24(29)14-27(19,3)23(20)11-12-26(21,22)2/h7,17-18,20-25,28-29H,4-6,8-16H2,1-3H3,(H,30,31,32)(H,33,34,35)/t17-,18-,20-,21+,22-,23-,24-,25-,26+,27-/m0/s1. The number of hydrogen-bond acceptors (Lipinski definition) is 8. The molecular formula is C27H46O10S2. The second-order valence-electron chi connectivity index (χ2n) is 13.2. The van der Waals surface area contributed by atoms with E-state index in [2.05, 4.69) is 19.9 Å². The molecule has 4 N–H and O–H groups in total. The largest absolute Gasteiger partial charge is 0.397 e. The highest BCUT2D eigenvalue weighted by atomic mass is 32.3. The molecule has 0 aromatic heterocycles. The molecule has 0 aromatic carbocycles. The lowest BCUT2D eigenvalue weighted by Gasteiger charge is -2.59. The lowest BCUT2D eigenvalue weighted by atomic mass is 9.46. The van der Waals surface area contributed by atoms with Crippen LogP contribution in [0.2, 0.25) is 0 Å². The van der Waals surface area contributed by atoms with Crippen molar-refractivity contribution >= 4 is 20.8 Å². The summed E-state index contributed by atoms with van der Waals surface area (Å²) in [5.74, 6) is 1.54. The van der Waals surface area contributed by atoms with E-state index in [0.29, 0.717) is 24.2 Å². The summed E-state index contributed by atoms with van der Waals surface area (Å²) in [5, 5.41) is 20.2. The van der Waals surface area contributed by atoms with E-state index in [1.165, 1.54) is 0 Å². The third-order valence-corrected chi connectivity index (χ3v) is 11.9. The van der Waals surface area contributed by atoms with Crippen molar-refractivity contribution in [1.29, 1.82) is 0 Å². The minimum atomic E-state index is -4.66. The molecule has 0 aromatic rings. The maximum absolute atomic E-state index is 11.4. The summed E-state index contributed by atoms with van der Waals surface area (Å²) in [6.07, 6.45) is 8.06. The molecule has 4 aliphatic carbocycles. The lowest BCUT2D eigenvalue weighted by Crippen LogP contribution is -2.54. The van der Waals surface area contributed by atoms with Gasteiger partial charge in [-0.3, -0.25) is 9.11 Å². The Morgan fingerprint density at radius 3 is 2.41 bits per heavy atom. The maximum atomic E-state index is 11.4. The first-order valence-electron chi connectivity index (χ1n) is 14.3. The van der Waals surface area contributed by atoms with Crippen molar-refractivity contribution in [3.05, 3.63) is 11.6 Å². The molecule has 3 saturated carbocycles. The molecule has 12 heteroatoms. The number of fused-ring (bicyclic) bond motifs is 5. The smallest absolute Gasteiger partial charge is 0.396 e. The first-order chi connectivity index (χ1) is 18.1. The van der Waals surface area contributed by atoms with Crippen LogP contribution < -0.4 is 0 Å². The summed E-state index contributed by atoms with van der Waals surface area (Å²) >= 11 is 0. The molecular weight excluding hydrogens is 548 g/mol. The van der Waals surface area contributed by atoms with Crippen molar-refractivity contribution in [2.24, 2.45) is 46.3 Å². The topological polar surface area (TPSA) is 168 Å². The van der Waals surface area contributed by atoms with Crippen molar-refractivity contribution in [3.8, 4) is 0 Å². The van der Waals surface area contributed by atoms with E-state index in [-0.39, 0.29) is 48.2 Å². The molecule has 10 nitrogen and oxygen atoms in total. The molecule has 0 bridgehead atoms. The Hall–Kier alpha value is -0.600. The van der Waals surface area contributed by atoms with Gasteiger partial charge in [-0.1, -0.05) is 38.8 Å². The molecule has 10 atom stereocenters. The van der Waals surface area contributed by atoms with Crippen LogP contribution in [0.3, 0.4) is 0 Å². The van der Waals surface area contributed by atoms with Crippen LogP contribution in [0.15, 0.2) is 11.6 Å². The first kappa shape index (κ1) is 31.3. The molecule has 3 fully saturated rings. The zero-order valence-corrected chi connectivity index (χ0v) is 24.9. The molecule has 0 unspecified atom stereocenters. The third-order valence-electron chi connectivity index (χ3n) is 11.0. The monoisotopic (exact) mass is 594 g/mol. The van der Waals surface area contributed by atoms with Crippen LogP contribution in [0.4, 0.5) is 0 Å². The van der Waals surface area contributed by atoms with Crippen LogP contribution in [0, 0.1) is 46.3 Å². The van der Waals surface area contributed by atoms with E-state index in [0.717, 1.165) is 56.9 Å². The van der Waals surface area contributed by atoms with Crippen LogP contribution in [0.5, 0.6) is 0 Å². The molecule has 0 saturated heterocycles.